The lowest BCUT2D eigenvalue weighted by atomic mass is 10.2. The Bertz CT molecular complexity index is 361. The number of carboxylic acids is 2. The first-order valence-corrected chi connectivity index (χ1v) is 6.97. The van der Waals surface area contributed by atoms with Gasteiger partial charge in [0.25, 0.3) is 0 Å². The maximum Gasteiger partial charge on any atom is 0.306 e. The highest BCUT2D eigenvalue weighted by Gasteiger charge is 2.21. The van der Waals surface area contributed by atoms with Crippen LogP contribution < -0.4 is 5.11 Å². The highest BCUT2D eigenvalue weighted by molar-refractivity contribution is 5.70. The van der Waals surface area contributed by atoms with Gasteiger partial charge in [-0.1, -0.05) is 6.92 Å². The van der Waals surface area contributed by atoms with Crippen molar-refractivity contribution in [1.29, 1.82) is 0 Å². The maximum absolute atomic E-state index is 11.0. The monoisotopic (exact) mass is 321 g/mol. The molecule has 0 aromatic carbocycles. The van der Waals surface area contributed by atoms with E-state index in [2.05, 4.69) is 0 Å². The first-order valence-electron chi connectivity index (χ1n) is 6.97. The second-order valence-corrected chi connectivity index (χ2v) is 5.96. The van der Waals surface area contributed by atoms with Crippen molar-refractivity contribution < 1.29 is 38.9 Å². The lowest BCUT2D eigenvalue weighted by molar-refractivity contribution is -0.873. The summed E-state index contributed by atoms with van der Waals surface area (Å²) in [6.45, 7) is 3.57. The van der Waals surface area contributed by atoms with E-state index in [9.17, 15) is 19.5 Å². The van der Waals surface area contributed by atoms with Crippen LogP contribution in [-0.2, 0) is 19.1 Å². The summed E-state index contributed by atoms with van der Waals surface area (Å²) in [5, 5.41) is 26.7. The summed E-state index contributed by atoms with van der Waals surface area (Å²) in [5.41, 5.74) is 0. The molecule has 0 rings (SSSR count). The Hall–Kier alpha value is -1.67. The van der Waals surface area contributed by atoms with Crippen molar-refractivity contribution in [3.8, 4) is 0 Å². The minimum absolute atomic E-state index is 0.167. The summed E-state index contributed by atoms with van der Waals surface area (Å²) in [7, 11) is 5.71. The summed E-state index contributed by atoms with van der Waals surface area (Å²) in [6.07, 6.45) is -1.50. The van der Waals surface area contributed by atoms with Gasteiger partial charge in [-0.25, -0.2) is 0 Å². The van der Waals surface area contributed by atoms with E-state index in [0.29, 0.717) is 11.0 Å². The van der Waals surface area contributed by atoms with E-state index in [1.165, 1.54) is 6.92 Å². The second-order valence-electron chi connectivity index (χ2n) is 5.96. The van der Waals surface area contributed by atoms with Gasteiger partial charge in [0.05, 0.1) is 33.7 Å². The van der Waals surface area contributed by atoms with Crippen LogP contribution >= 0.6 is 0 Å². The number of aliphatic hydroxyl groups excluding tert-OH is 1. The molecule has 2 N–H and O–H groups in total. The molecular weight excluding hydrogens is 294 g/mol. The number of aliphatic carboxylic acids is 2. The number of esters is 1. The molecule has 130 valence electrons. The van der Waals surface area contributed by atoms with Crippen LogP contribution in [0.1, 0.15) is 33.1 Å². The SMILES string of the molecule is CC(O)CC(=O)O.CCC(=O)OC(CC(=O)[O-])C[N+](C)(C)C. The number of carboxylic acid groups (broad SMARTS) is 2. The number of quaternary nitrogens is 1. The first-order chi connectivity index (χ1) is 9.87. The maximum atomic E-state index is 11.0. The minimum Gasteiger partial charge on any atom is -0.550 e. The van der Waals surface area contributed by atoms with Gasteiger partial charge >= 0.3 is 11.9 Å². The van der Waals surface area contributed by atoms with Crippen LogP contribution in [0.3, 0.4) is 0 Å². The normalized spacial score (nSPS) is 13.4. The molecule has 0 amide bonds. The third-order valence-electron chi connectivity index (χ3n) is 2.20. The molecular formula is C14H27NO7. The van der Waals surface area contributed by atoms with E-state index in [-0.39, 0.29) is 25.2 Å². The number of carbonyl (C=O) groups is 3. The lowest BCUT2D eigenvalue weighted by Crippen LogP contribution is -2.45. The number of likely N-dealkylation sites (N-methyl/N-ethyl adjacent to an activating group) is 1. The molecule has 0 aromatic heterocycles. The summed E-state index contributed by atoms with van der Waals surface area (Å²) >= 11 is 0. The van der Waals surface area contributed by atoms with Gasteiger partial charge in [0.2, 0.25) is 0 Å². The Labute approximate surface area is 130 Å². The molecule has 0 fully saturated rings. The largest absolute Gasteiger partial charge is 0.550 e. The summed E-state index contributed by atoms with van der Waals surface area (Å²) in [4.78, 5) is 31.2. The first kappa shape index (κ1) is 22.6. The Morgan fingerprint density at radius 3 is 1.91 bits per heavy atom. The van der Waals surface area contributed by atoms with E-state index in [1.54, 1.807) is 6.92 Å². The predicted molar refractivity (Wildman–Crippen MR) is 76.6 cm³/mol. The number of hydrogen-bond donors (Lipinski definition) is 2. The van der Waals surface area contributed by atoms with Crippen molar-refractivity contribution in [2.45, 2.75) is 45.3 Å². The van der Waals surface area contributed by atoms with Crippen molar-refractivity contribution in [3.63, 3.8) is 0 Å². The molecule has 2 unspecified atom stereocenters. The van der Waals surface area contributed by atoms with Gasteiger partial charge < -0.3 is 29.3 Å². The van der Waals surface area contributed by atoms with Crippen molar-refractivity contribution in [2.75, 3.05) is 27.7 Å². The quantitative estimate of drug-likeness (QED) is 0.434. The Morgan fingerprint density at radius 1 is 1.18 bits per heavy atom. The summed E-state index contributed by atoms with van der Waals surface area (Å²) in [6, 6.07) is 0. The van der Waals surface area contributed by atoms with E-state index in [4.69, 9.17) is 14.9 Å². The van der Waals surface area contributed by atoms with Crippen LogP contribution in [0.25, 0.3) is 0 Å². The number of nitrogens with zero attached hydrogens (tertiary/aromatic N) is 1. The van der Waals surface area contributed by atoms with Gasteiger partial charge in [-0.15, -0.1) is 0 Å². The van der Waals surface area contributed by atoms with Crippen LogP contribution in [0, 0.1) is 0 Å². The smallest absolute Gasteiger partial charge is 0.306 e. The van der Waals surface area contributed by atoms with Gasteiger partial charge in [0.15, 0.2) is 6.10 Å². The standard InChI is InChI=1S/C10H19NO4.C4H8O3/c1-5-10(14)15-8(6-9(12)13)7-11(2,3)4;1-3(5)2-4(6)7/h8H,5-7H2,1-4H3;3,5H,2H2,1H3,(H,6,7). The highest BCUT2D eigenvalue weighted by atomic mass is 16.5. The zero-order valence-corrected chi connectivity index (χ0v) is 13.9. The summed E-state index contributed by atoms with van der Waals surface area (Å²) < 4.78 is 5.55. The van der Waals surface area contributed by atoms with Gasteiger partial charge in [-0.05, 0) is 6.92 Å². The molecule has 0 aliphatic heterocycles. The van der Waals surface area contributed by atoms with Crippen LogP contribution in [-0.4, -0.2) is 72.5 Å². The fourth-order valence-electron chi connectivity index (χ4n) is 1.46. The number of rotatable bonds is 8. The Morgan fingerprint density at radius 2 is 1.68 bits per heavy atom. The molecule has 0 saturated heterocycles. The van der Waals surface area contributed by atoms with Crippen LogP contribution in [0.2, 0.25) is 0 Å². The number of aliphatic hydroxyl groups is 1. The fraction of sp³-hybridized carbons (Fsp3) is 0.786. The average Bonchev–Trinajstić information content (AvgIpc) is 2.24. The molecule has 0 bridgehead atoms. The van der Waals surface area contributed by atoms with E-state index in [0.717, 1.165) is 0 Å². The van der Waals surface area contributed by atoms with Crippen molar-refractivity contribution in [2.24, 2.45) is 0 Å². The van der Waals surface area contributed by atoms with Gasteiger partial charge in [-0.3, -0.25) is 9.59 Å². The molecule has 8 nitrogen and oxygen atoms in total. The molecule has 0 aliphatic rings. The zero-order valence-electron chi connectivity index (χ0n) is 13.9. The van der Waals surface area contributed by atoms with Crippen molar-refractivity contribution in [3.05, 3.63) is 0 Å². The summed E-state index contributed by atoms with van der Waals surface area (Å²) in [5.74, 6) is -2.54. The molecule has 0 spiro atoms. The minimum atomic E-state index is -1.20. The van der Waals surface area contributed by atoms with Crippen LogP contribution in [0.4, 0.5) is 0 Å². The number of ether oxygens (including phenoxy) is 1. The van der Waals surface area contributed by atoms with Gasteiger partial charge in [-0.2, -0.15) is 0 Å². The number of carbonyl (C=O) groups excluding carboxylic acids is 2. The number of hydrogen-bond acceptors (Lipinski definition) is 6. The van der Waals surface area contributed by atoms with E-state index >= 15 is 0 Å². The molecule has 0 saturated carbocycles. The van der Waals surface area contributed by atoms with Gasteiger partial charge in [0, 0.05) is 18.8 Å². The molecule has 0 aliphatic carbocycles. The molecule has 0 radical (unpaired) electrons. The van der Waals surface area contributed by atoms with Crippen molar-refractivity contribution in [1.82, 2.24) is 0 Å². The Kier molecular flexibility index (Phi) is 11.3. The second kappa shape index (κ2) is 11.0. The van der Waals surface area contributed by atoms with Crippen molar-refractivity contribution >= 4 is 17.9 Å². The lowest BCUT2D eigenvalue weighted by Gasteiger charge is -2.29. The fourth-order valence-corrected chi connectivity index (χ4v) is 1.46. The molecule has 22 heavy (non-hydrogen) atoms. The Balaban J connectivity index is 0. The molecule has 0 heterocycles. The topological polar surface area (TPSA) is 124 Å². The molecule has 0 aromatic rings. The molecule has 8 heteroatoms. The van der Waals surface area contributed by atoms with E-state index < -0.39 is 24.1 Å². The average molecular weight is 321 g/mol. The van der Waals surface area contributed by atoms with E-state index in [1.807, 2.05) is 21.1 Å². The zero-order chi connectivity index (χ0) is 17.9. The van der Waals surface area contributed by atoms with Gasteiger partial charge in [0.1, 0.15) is 6.54 Å². The predicted octanol–water partition coefficient (Wildman–Crippen LogP) is -1.00. The third-order valence-corrected chi connectivity index (χ3v) is 2.20. The van der Waals surface area contributed by atoms with Crippen LogP contribution in [0.5, 0.6) is 0 Å². The highest BCUT2D eigenvalue weighted by Crippen LogP contribution is 2.05. The molecule has 2 atom stereocenters. The third kappa shape index (κ3) is 18.3. The van der Waals surface area contributed by atoms with Crippen LogP contribution in [0.15, 0.2) is 0 Å².